The average molecular weight is 392 g/mol. The number of rotatable bonds is 6. The number of nitrogen functional groups attached to an aromatic ring is 1. The fourth-order valence-corrected chi connectivity index (χ4v) is 2.92. The minimum absolute atomic E-state index is 0.119. The van der Waals surface area contributed by atoms with Crippen molar-refractivity contribution in [1.82, 2.24) is 4.98 Å². The van der Waals surface area contributed by atoms with Gasteiger partial charge in [0.05, 0.1) is 29.2 Å². The SMILES string of the molecule is CC[C@H](C(=O)Nc1ccc(C(=O)Nc2ccc(F)cc2N)nc1)c1ccccc1. The van der Waals surface area contributed by atoms with Crippen LogP contribution >= 0.6 is 0 Å². The number of anilines is 3. The third-order valence-corrected chi connectivity index (χ3v) is 4.45. The Labute approximate surface area is 168 Å². The summed E-state index contributed by atoms with van der Waals surface area (Å²) in [5.74, 6) is -1.39. The summed E-state index contributed by atoms with van der Waals surface area (Å²) in [6.07, 6.45) is 2.07. The van der Waals surface area contributed by atoms with Crippen LogP contribution in [0.5, 0.6) is 0 Å². The molecule has 2 amide bonds. The third kappa shape index (κ3) is 4.95. The number of aromatic nitrogens is 1. The molecule has 0 unspecified atom stereocenters. The highest BCUT2D eigenvalue weighted by Gasteiger charge is 2.19. The molecule has 0 radical (unpaired) electrons. The Morgan fingerprint density at radius 2 is 1.83 bits per heavy atom. The second-order valence-corrected chi connectivity index (χ2v) is 6.48. The number of nitrogens with zero attached hydrogens (tertiary/aromatic N) is 1. The number of benzene rings is 2. The Hall–Kier alpha value is -3.74. The van der Waals surface area contributed by atoms with Gasteiger partial charge in [-0.25, -0.2) is 9.37 Å². The van der Waals surface area contributed by atoms with Gasteiger partial charge in [0.25, 0.3) is 5.91 Å². The van der Waals surface area contributed by atoms with E-state index < -0.39 is 11.7 Å². The van der Waals surface area contributed by atoms with Crippen molar-refractivity contribution in [2.75, 3.05) is 16.4 Å². The summed E-state index contributed by atoms with van der Waals surface area (Å²) in [7, 11) is 0. The van der Waals surface area contributed by atoms with Crippen molar-refractivity contribution in [2.45, 2.75) is 19.3 Å². The zero-order valence-corrected chi connectivity index (χ0v) is 15.9. The van der Waals surface area contributed by atoms with E-state index in [2.05, 4.69) is 15.6 Å². The van der Waals surface area contributed by atoms with E-state index in [4.69, 9.17) is 5.73 Å². The topological polar surface area (TPSA) is 97.1 Å². The number of nitrogens with one attached hydrogen (secondary N) is 2. The molecule has 29 heavy (non-hydrogen) atoms. The molecule has 0 saturated heterocycles. The highest BCUT2D eigenvalue weighted by atomic mass is 19.1. The van der Waals surface area contributed by atoms with Gasteiger partial charge < -0.3 is 16.4 Å². The van der Waals surface area contributed by atoms with E-state index in [9.17, 15) is 14.0 Å². The summed E-state index contributed by atoms with van der Waals surface area (Å²) >= 11 is 0. The quantitative estimate of drug-likeness (QED) is 0.548. The predicted molar refractivity (Wildman–Crippen MR) is 111 cm³/mol. The van der Waals surface area contributed by atoms with Crippen molar-refractivity contribution in [2.24, 2.45) is 0 Å². The van der Waals surface area contributed by atoms with Gasteiger partial charge in [-0.3, -0.25) is 9.59 Å². The lowest BCUT2D eigenvalue weighted by molar-refractivity contribution is -0.117. The van der Waals surface area contributed by atoms with Gasteiger partial charge in [0.2, 0.25) is 5.91 Å². The molecule has 0 aliphatic heterocycles. The predicted octanol–water partition coefficient (Wildman–Crippen LogP) is 4.19. The van der Waals surface area contributed by atoms with Crippen LogP contribution in [-0.4, -0.2) is 16.8 Å². The number of amides is 2. The highest BCUT2D eigenvalue weighted by molar-refractivity contribution is 6.04. The van der Waals surface area contributed by atoms with Gasteiger partial charge in [-0.15, -0.1) is 0 Å². The Kier molecular flexibility index (Phi) is 6.19. The largest absolute Gasteiger partial charge is 0.397 e. The molecule has 0 saturated carbocycles. The van der Waals surface area contributed by atoms with E-state index in [1.165, 1.54) is 24.4 Å². The van der Waals surface area contributed by atoms with Crippen molar-refractivity contribution in [1.29, 1.82) is 0 Å². The molecule has 0 fully saturated rings. The maximum absolute atomic E-state index is 13.1. The van der Waals surface area contributed by atoms with Crippen LogP contribution in [0.4, 0.5) is 21.5 Å². The van der Waals surface area contributed by atoms with Gasteiger partial charge in [0.1, 0.15) is 11.5 Å². The molecular formula is C22H21FN4O2. The van der Waals surface area contributed by atoms with Crippen molar-refractivity contribution in [3.8, 4) is 0 Å². The van der Waals surface area contributed by atoms with Crippen LogP contribution in [0.3, 0.4) is 0 Å². The van der Waals surface area contributed by atoms with Gasteiger partial charge >= 0.3 is 0 Å². The number of pyridine rings is 1. The molecule has 7 heteroatoms. The first kappa shape index (κ1) is 20.0. The lowest BCUT2D eigenvalue weighted by Gasteiger charge is -2.15. The smallest absolute Gasteiger partial charge is 0.274 e. The minimum atomic E-state index is -0.489. The maximum Gasteiger partial charge on any atom is 0.274 e. The van der Waals surface area contributed by atoms with Crippen molar-refractivity contribution in [3.05, 3.63) is 83.9 Å². The van der Waals surface area contributed by atoms with Crippen LogP contribution in [0.15, 0.2) is 66.9 Å². The Morgan fingerprint density at radius 3 is 2.45 bits per heavy atom. The summed E-state index contributed by atoms with van der Waals surface area (Å²) in [6.45, 7) is 1.95. The van der Waals surface area contributed by atoms with Crippen molar-refractivity contribution >= 4 is 28.9 Å². The van der Waals surface area contributed by atoms with Crippen LogP contribution in [-0.2, 0) is 4.79 Å². The van der Waals surface area contributed by atoms with Crippen LogP contribution < -0.4 is 16.4 Å². The Balaban J connectivity index is 1.66. The molecule has 1 heterocycles. The average Bonchev–Trinajstić information content (AvgIpc) is 2.72. The molecule has 148 valence electrons. The first-order valence-corrected chi connectivity index (χ1v) is 9.16. The summed E-state index contributed by atoms with van der Waals surface area (Å²) in [5, 5.41) is 5.41. The fraction of sp³-hybridized carbons (Fsp3) is 0.136. The molecule has 1 atom stereocenters. The third-order valence-electron chi connectivity index (χ3n) is 4.45. The number of halogens is 1. The minimum Gasteiger partial charge on any atom is -0.397 e. The maximum atomic E-state index is 13.1. The van der Waals surface area contributed by atoms with Crippen LogP contribution in [0, 0.1) is 5.82 Å². The van der Waals surface area contributed by atoms with Gasteiger partial charge in [-0.2, -0.15) is 0 Å². The normalized spacial score (nSPS) is 11.5. The molecular weight excluding hydrogens is 371 g/mol. The Morgan fingerprint density at radius 1 is 1.07 bits per heavy atom. The molecule has 3 rings (SSSR count). The van der Waals surface area contributed by atoms with Crippen LogP contribution in [0.2, 0.25) is 0 Å². The number of carbonyl (C=O) groups excluding carboxylic acids is 2. The lowest BCUT2D eigenvalue weighted by atomic mass is 9.95. The standard InChI is InChI=1S/C22H21FN4O2/c1-2-17(14-6-4-3-5-7-14)21(28)26-16-9-11-20(25-13-16)22(29)27-19-10-8-15(23)12-18(19)24/h3-13,17H,2,24H2,1H3,(H,26,28)(H,27,29)/t17-/m0/s1. The molecule has 3 aromatic rings. The number of hydrogen-bond acceptors (Lipinski definition) is 4. The van der Waals surface area contributed by atoms with E-state index in [1.54, 1.807) is 6.07 Å². The van der Waals surface area contributed by atoms with Gasteiger partial charge in [-0.1, -0.05) is 37.3 Å². The second kappa shape index (κ2) is 8.97. The van der Waals surface area contributed by atoms with E-state index in [-0.39, 0.29) is 23.2 Å². The van der Waals surface area contributed by atoms with Gasteiger partial charge in [0, 0.05) is 0 Å². The summed E-state index contributed by atoms with van der Waals surface area (Å²) < 4.78 is 13.1. The highest BCUT2D eigenvalue weighted by Crippen LogP contribution is 2.22. The molecule has 1 aromatic heterocycles. The van der Waals surface area contributed by atoms with Crippen molar-refractivity contribution < 1.29 is 14.0 Å². The number of carbonyl (C=O) groups is 2. The van der Waals surface area contributed by atoms with Crippen molar-refractivity contribution in [3.63, 3.8) is 0 Å². The van der Waals surface area contributed by atoms with Gasteiger partial charge in [0.15, 0.2) is 0 Å². The van der Waals surface area contributed by atoms with E-state index in [0.717, 1.165) is 11.6 Å². The number of nitrogens with two attached hydrogens (primary N) is 1. The fourth-order valence-electron chi connectivity index (χ4n) is 2.92. The molecule has 2 aromatic carbocycles. The first-order chi connectivity index (χ1) is 14.0. The van der Waals surface area contributed by atoms with E-state index >= 15 is 0 Å². The van der Waals surface area contributed by atoms with E-state index in [0.29, 0.717) is 17.8 Å². The van der Waals surface area contributed by atoms with Gasteiger partial charge in [-0.05, 0) is 42.3 Å². The zero-order chi connectivity index (χ0) is 20.8. The first-order valence-electron chi connectivity index (χ1n) is 9.16. The van der Waals surface area contributed by atoms with E-state index in [1.807, 2.05) is 37.3 Å². The monoisotopic (exact) mass is 392 g/mol. The molecule has 0 aliphatic rings. The zero-order valence-electron chi connectivity index (χ0n) is 15.9. The molecule has 0 aliphatic carbocycles. The molecule has 6 nitrogen and oxygen atoms in total. The second-order valence-electron chi connectivity index (χ2n) is 6.48. The molecule has 4 N–H and O–H groups in total. The Bertz CT molecular complexity index is 1010. The lowest BCUT2D eigenvalue weighted by Crippen LogP contribution is -2.21. The van der Waals surface area contributed by atoms with Crippen LogP contribution in [0.25, 0.3) is 0 Å². The summed E-state index contributed by atoms with van der Waals surface area (Å²) in [4.78, 5) is 29.0. The molecule has 0 bridgehead atoms. The summed E-state index contributed by atoms with van der Waals surface area (Å²) in [6, 6.07) is 16.3. The van der Waals surface area contributed by atoms with Crippen LogP contribution in [0.1, 0.15) is 35.3 Å². The summed E-state index contributed by atoms with van der Waals surface area (Å²) in [5.41, 5.74) is 7.68. The number of hydrogen-bond donors (Lipinski definition) is 3. The molecule has 0 spiro atoms.